The van der Waals surface area contributed by atoms with Crippen LogP contribution in [0.25, 0.3) is 0 Å². The fraction of sp³-hybridized carbons (Fsp3) is 0.333. The van der Waals surface area contributed by atoms with Crippen molar-refractivity contribution in [2.24, 2.45) is 5.92 Å². The third-order valence-corrected chi connectivity index (χ3v) is 3.59. The number of nitrogens with zero attached hydrogens (tertiary/aromatic N) is 1. The average molecular weight is 313 g/mol. The highest BCUT2D eigenvalue weighted by Crippen LogP contribution is 2.21. The van der Waals surface area contributed by atoms with Gasteiger partial charge in [-0.15, -0.1) is 0 Å². The maximum Gasteiger partial charge on any atom is 0.172 e. The minimum Gasteiger partial charge on any atom is -0.356 e. The van der Waals surface area contributed by atoms with E-state index in [0.717, 1.165) is 17.8 Å². The molecule has 1 aromatic heterocycles. The van der Waals surface area contributed by atoms with Crippen LogP contribution in [0.2, 0.25) is 0 Å². The van der Waals surface area contributed by atoms with Crippen LogP contribution in [0, 0.1) is 12.8 Å². The Bertz CT molecular complexity index is 593. The lowest BCUT2D eigenvalue weighted by atomic mass is 9.97. The van der Waals surface area contributed by atoms with Crippen molar-refractivity contribution in [1.29, 1.82) is 0 Å². The van der Waals surface area contributed by atoms with Gasteiger partial charge in [0.15, 0.2) is 5.11 Å². The van der Waals surface area contributed by atoms with Gasteiger partial charge in [-0.2, -0.15) is 0 Å². The largest absolute Gasteiger partial charge is 0.356 e. The van der Waals surface area contributed by atoms with Gasteiger partial charge in [-0.25, -0.2) is 4.98 Å². The fourth-order valence-corrected chi connectivity index (χ4v) is 2.53. The van der Waals surface area contributed by atoms with Crippen LogP contribution in [0.4, 0.5) is 5.82 Å². The molecule has 22 heavy (non-hydrogen) atoms. The Morgan fingerprint density at radius 1 is 1.14 bits per heavy atom. The topological polar surface area (TPSA) is 37.0 Å². The quantitative estimate of drug-likeness (QED) is 0.799. The molecule has 0 saturated carbocycles. The Kier molecular flexibility index (Phi) is 5.90. The third-order valence-electron chi connectivity index (χ3n) is 3.37. The first-order valence-electron chi connectivity index (χ1n) is 7.59. The van der Waals surface area contributed by atoms with E-state index in [1.54, 1.807) is 0 Å². The number of aromatic nitrogens is 1. The van der Waals surface area contributed by atoms with Crippen molar-refractivity contribution >= 4 is 23.1 Å². The predicted molar refractivity (Wildman–Crippen MR) is 97.0 cm³/mol. The Labute approximate surface area is 138 Å². The summed E-state index contributed by atoms with van der Waals surface area (Å²) in [7, 11) is 0. The second-order valence-electron chi connectivity index (χ2n) is 5.91. The summed E-state index contributed by atoms with van der Waals surface area (Å²) in [6.45, 7) is 6.45. The van der Waals surface area contributed by atoms with Gasteiger partial charge in [0.2, 0.25) is 0 Å². The molecule has 1 unspecified atom stereocenters. The van der Waals surface area contributed by atoms with E-state index in [0.29, 0.717) is 11.0 Å². The van der Waals surface area contributed by atoms with Gasteiger partial charge in [-0.1, -0.05) is 50.2 Å². The number of hydrogen-bond acceptors (Lipinski definition) is 2. The van der Waals surface area contributed by atoms with E-state index in [2.05, 4.69) is 53.7 Å². The molecule has 0 aliphatic rings. The molecule has 2 aromatic rings. The van der Waals surface area contributed by atoms with E-state index in [1.807, 2.05) is 31.3 Å². The van der Waals surface area contributed by atoms with Crippen LogP contribution in [-0.2, 0) is 0 Å². The lowest BCUT2D eigenvalue weighted by Crippen LogP contribution is -2.33. The fourth-order valence-electron chi connectivity index (χ4n) is 2.29. The number of pyridine rings is 1. The number of thiocarbonyl (C=S) groups is 1. The molecule has 0 aliphatic heterocycles. The van der Waals surface area contributed by atoms with Gasteiger partial charge in [0.25, 0.3) is 0 Å². The summed E-state index contributed by atoms with van der Waals surface area (Å²) in [5.41, 5.74) is 2.38. The summed E-state index contributed by atoms with van der Waals surface area (Å²) < 4.78 is 0. The van der Waals surface area contributed by atoms with Gasteiger partial charge in [0.05, 0.1) is 6.04 Å². The molecule has 2 N–H and O–H groups in total. The van der Waals surface area contributed by atoms with Crippen LogP contribution in [0.15, 0.2) is 48.7 Å². The standard InChI is InChI=1S/C18H23N3S/c1-13(2)11-16(15-7-5-4-6-8-15)20-18(22)21-17-10-9-14(3)12-19-17/h4-10,12-13,16H,11H2,1-3H3,(H2,19,20,21,22). The van der Waals surface area contributed by atoms with Crippen LogP contribution in [0.3, 0.4) is 0 Å². The molecule has 1 aromatic carbocycles. The van der Waals surface area contributed by atoms with Crippen molar-refractivity contribution in [1.82, 2.24) is 10.3 Å². The number of aryl methyl sites for hydroxylation is 1. The van der Waals surface area contributed by atoms with E-state index in [9.17, 15) is 0 Å². The monoisotopic (exact) mass is 313 g/mol. The third kappa shape index (κ3) is 5.11. The molecule has 2 rings (SSSR count). The van der Waals surface area contributed by atoms with Crippen LogP contribution < -0.4 is 10.6 Å². The van der Waals surface area contributed by atoms with Crippen LogP contribution >= 0.6 is 12.2 Å². The number of hydrogen-bond donors (Lipinski definition) is 2. The van der Waals surface area contributed by atoms with Crippen molar-refractivity contribution < 1.29 is 0 Å². The van der Waals surface area contributed by atoms with Crippen molar-refractivity contribution in [3.63, 3.8) is 0 Å². The molecule has 0 bridgehead atoms. The van der Waals surface area contributed by atoms with Crippen molar-refractivity contribution in [3.8, 4) is 0 Å². The molecule has 0 saturated heterocycles. The first kappa shape index (κ1) is 16.4. The lowest BCUT2D eigenvalue weighted by molar-refractivity contribution is 0.481. The van der Waals surface area contributed by atoms with Crippen LogP contribution in [-0.4, -0.2) is 10.1 Å². The highest BCUT2D eigenvalue weighted by Gasteiger charge is 2.14. The van der Waals surface area contributed by atoms with Crippen molar-refractivity contribution in [2.75, 3.05) is 5.32 Å². The molecule has 0 amide bonds. The smallest absolute Gasteiger partial charge is 0.172 e. The summed E-state index contributed by atoms with van der Waals surface area (Å²) in [4.78, 5) is 4.32. The zero-order chi connectivity index (χ0) is 15.9. The van der Waals surface area contributed by atoms with Gasteiger partial charge in [0, 0.05) is 6.20 Å². The van der Waals surface area contributed by atoms with E-state index in [-0.39, 0.29) is 6.04 Å². The van der Waals surface area contributed by atoms with Crippen LogP contribution in [0.1, 0.15) is 37.4 Å². The summed E-state index contributed by atoms with van der Waals surface area (Å²) in [5.74, 6) is 1.34. The first-order chi connectivity index (χ1) is 10.5. The van der Waals surface area contributed by atoms with Gasteiger partial charge >= 0.3 is 0 Å². The lowest BCUT2D eigenvalue weighted by Gasteiger charge is -2.23. The molecule has 0 spiro atoms. The maximum absolute atomic E-state index is 5.44. The molecular formula is C18H23N3S. The highest BCUT2D eigenvalue weighted by molar-refractivity contribution is 7.80. The zero-order valence-corrected chi connectivity index (χ0v) is 14.2. The first-order valence-corrected chi connectivity index (χ1v) is 8.00. The molecular weight excluding hydrogens is 290 g/mol. The Morgan fingerprint density at radius 3 is 2.45 bits per heavy atom. The normalized spacial score (nSPS) is 12.0. The molecule has 4 heteroatoms. The van der Waals surface area contributed by atoms with Crippen molar-refractivity contribution in [3.05, 3.63) is 59.8 Å². The predicted octanol–water partition coefficient (Wildman–Crippen LogP) is 4.46. The van der Waals surface area contributed by atoms with E-state index >= 15 is 0 Å². The second kappa shape index (κ2) is 7.90. The second-order valence-corrected chi connectivity index (χ2v) is 6.32. The Morgan fingerprint density at radius 2 is 1.86 bits per heavy atom. The highest BCUT2D eigenvalue weighted by atomic mass is 32.1. The SMILES string of the molecule is Cc1ccc(NC(=S)NC(CC(C)C)c2ccccc2)nc1. The van der Waals surface area contributed by atoms with Gasteiger partial charge in [0.1, 0.15) is 5.82 Å². The molecule has 1 atom stereocenters. The number of nitrogens with one attached hydrogen (secondary N) is 2. The van der Waals surface area contributed by atoms with Gasteiger partial charge in [-0.3, -0.25) is 0 Å². The number of benzene rings is 1. The van der Waals surface area contributed by atoms with E-state index in [1.165, 1.54) is 5.56 Å². The molecule has 0 aliphatic carbocycles. The minimum absolute atomic E-state index is 0.201. The van der Waals surface area contributed by atoms with Gasteiger partial charge in [-0.05, 0) is 48.7 Å². The summed E-state index contributed by atoms with van der Waals surface area (Å²) in [6.07, 6.45) is 2.85. The number of rotatable bonds is 5. The molecule has 3 nitrogen and oxygen atoms in total. The van der Waals surface area contributed by atoms with Crippen LogP contribution in [0.5, 0.6) is 0 Å². The average Bonchev–Trinajstić information content (AvgIpc) is 2.49. The van der Waals surface area contributed by atoms with Crippen molar-refractivity contribution in [2.45, 2.75) is 33.2 Å². The summed E-state index contributed by atoms with van der Waals surface area (Å²) in [5, 5.41) is 7.16. The minimum atomic E-state index is 0.201. The summed E-state index contributed by atoms with van der Waals surface area (Å²) in [6, 6.07) is 14.6. The molecule has 116 valence electrons. The molecule has 0 fully saturated rings. The number of anilines is 1. The van der Waals surface area contributed by atoms with E-state index < -0.39 is 0 Å². The van der Waals surface area contributed by atoms with Gasteiger partial charge < -0.3 is 10.6 Å². The molecule has 0 radical (unpaired) electrons. The Balaban J connectivity index is 2.03. The maximum atomic E-state index is 5.44. The Hall–Kier alpha value is -1.94. The molecule has 1 heterocycles. The summed E-state index contributed by atoms with van der Waals surface area (Å²) >= 11 is 5.44. The zero-order valence-electron chi connectivity index (χ0n) is 13.3. The van der Waals surface area contributed by atoms with E-state index in [4.69, 9.17) is 12.2 Å².